The molecular formula is C18H30N4O2. The van der Waals surface area contributed by atoms with Crippen LogP contribution >= 0.6 is 0 Å². The number of hydrogen-bond donors (Lipinski definition) is 2. The maximum atomic E-state index is 11.6. The second kappa shape index (κ2) is 10.5. The molecule has 6 nitrogen and oxygen atoms in total. The van der Waals surface area contributed by atoms with Gasteiger partial charge >= 0.3 is 0 Å². The van der Waals surface area contributed by atoms with Crippen LogP contribution < -0.4 is 15.4 Å². The van der Waals surface area contributed by atoms with Crippen molar-refractivity contribution in [3.8, 4) is 5.75 Å². The molecule has 1 unspecified atom stereocenters. The van der Waals surface area contributed by atoms with E-state index < -0.39 is 0 Å². The van der Waals surface area contributed by atoms with Gasteiger partial charge in [-0.2, -0.15) is 0 Å². The Hall–Kier alpha value is -2.24. The van der Waals surface area contributed by atoms with Gasteiger partial charge in [0.05, 0.1) is 6.54 Å². The monoisotopic (exact) mass is 334 g/mol. The zero-order valence-electron chi connectivity index (χ0n) is 15.4. The van der Waals surface area contributed by atoms with Gasteiger partial charge < -0.3 is 20.3 Å². The normalized spacial score (nSPS) is 12.5. The van der Waals surface area contributed by atoms with Crippen molar-refractivity contribution < 1.29 is 9.53 Å². The number of carbonyl (C=O) groups excluding carboxylic acids is 1. The van der Waals surface area contributed by atoms with Crippen LogP contribution in [0.3, 0.4) is 0 Å². The third-order valence-corrected chi connectivity index (χ3v) is 3.40. The fourth-order valence-electron chi connectivity index (χ4n) is 2.02. The number of carbonyl (C=O) groups is 1. The number of guanidine groups is 1. The first-order chi connectivity index (χ1) is 11.4. The predicted octanol–water partition coefficient (Wildman–Crippen LogP) is 1.80. The number of aliphatic imine (C=N–C) groups is 1. The van der Waals surface area contributed by atoms with Crippen molar-refractivity contribution in [2.45, 2.75) is 33.3 Å². The molecule has 0 fully saturated rings. The Kier molecular flexibility index (Phi) is 8.68. The highest BCUT2D eigenvalue weighted by Gasteiger charge is 2.07. The maximum absolute atomic E-state index is 11.6. The summed E-state index contributed by atoms with van der Waals surface area (Å²) in [7, 11) is 3.51. The fraction of sp³-hybridized carbons (Fsp3) is 0.556. The van der Waals surface area contributed by atoms with Crippen LogP contribution in [0.25, 0.3) is 0 Å². The lowest BCUT2D eigenvalue weighted by Gasteiger charge is -2.16. The van der Waals surface area contributed by atoms with Crippen molar-refractivity contribution >= 4 is 11.9 Å². The molecule has 1 aromatic rings. The second-order valence-corrected chi connectivity index (χ2v) is 5.88. The molecule has 1 aromatic carbocycles. The first-order valence-electron chi connectivity index (χ1n) is 8.38. The first kappa shape index (κ1) is 19.8. The van der Waals surface area contributed by atoms with E-state index in [2.05, 4.69) is 15.6 Å². The number of nitrogens with zero attached hydrogens (tertiary/aromatic N) is 2. The Labute approximate surface area is 145 Å². The van der Waals surface area contributed by atoms with Crippen LogP contribution in [0.1, 0.15) is 25.8 Å². The number of rotatable bonds is 8. The third-order valence-electron chi connectivity index (χ3n) is 3.40. The van der Waals surface area contributed by atoms with Crippen molar-refractivity contribution in [1.82, 2.24) is 15.5 Å². The minimum absolute atomic E-state index is 0.0371. The summed E-state index contributed by atoms with van der Waals surface area (Å²) in [6.07, 6.45) is 0.400. The maximum Gasteiger partial charge on any atom is 0.223 e. The summed E-state index contributed by atoms with van der Waals surface area (Å²) in [4.78, 5) is 17.7. The van der Waals surface area contributed by atoms with Crippen molar-refractivity contribution in [3.05, 3.63) is 29.8 Å². The number of para-hydroxylation sites is 1. The standard InChI is InChI=1S/C18H30N4O2/c1-6-19-18(20-12-11-17(23)22(4)5)21-13-15(3)24-16-10-8-7-9-14(16)2/h7-10,15H,6,11-13H2,1-5H3,(H2,19,20,21). The number of aryl methyl sites for hydroxylation is 1. The van der Waals surface area contributed by atoms with E-state index in [1.54, 1.807) is 19.0 Å². The molecule has 0 saturated heterocycles. The number of ether oxygens (including phenoxy) is 1. The molecule has 0 bridgehead atoms. The van der Waals surface area contributed by atoms with Crippen LogP contribution in [0.2, 0.25) is 0 Å². The summed E-state index contributed by atoms with van der Waals surface area (Å²) in [5, 5.41) is 6.35. The van der Waals surface area contributed by atoms with Crippen LogP contribution in [0.5, 0.6) is 5.75 Å². The molecule has 0 aliphatic rings. The van der Waals surface area contributed by atoms with Gasteiger partial charge in [0.2, 0.25) is 5.91 Å². The van der Waals surface area contributed by atoms with Gasteiger partial charge in [-0.05, 0) is 32.4 Å². The highest BCUT2D eigenvalue weighted by atomic mass is 16.5. The van der Waals surface area contributed by atoms with Gasteiger partial charge in [0.15, 0.2) is 5.96 Å². The van der Waals surface area contributed by atoms with Crippen LogP contribution in [0, 0.1) is 6.92 Å². The molecule has 0 heterocycles. The Bertz CT molecular complexity index is 544. The van der Waals surface area contributed by atoms with Gasteiger partial charge in [-0.15, -0.1) is 0 Å². The van der Waals surface area contributed by atoms with E-state index >= 15 is 0 Å². The predicted molar refractivity (Wildman–Crippen MR) is 98.6 cm³/mol. The lowest BCUT2D eigenvalue weighted by atomic mass is 10.2. The molecule has 1 rings (SSSR count). The van der Waals surface area contributed by atoms with Gasteiger partial charge in [-0.25, -0.2) is 4.99 Å². The molecule has 0 aliphatic carbocycles. The number of nitrogens with one attached hydrogen (secondary N) is 2. The Balaban J connectivity index is 2.49. The molecule has 0 aliphatic heterocycles. The lowest BCUT2D eigenvalue weighted by molar-refractivity contribution is -0.128. The Morgan fingerprint density at radius 2 is 2.00 bits per heavy atom. The van der Waals surface area contributed by atoms with Gasteiger partial charge in [0.1, 0.15) is 11.9 Å². The Morgan fingerprint density at radius 3 is 2.62 bits per heavy atom. The smallest absolute Gasteiger partial charge is 0.223 e. The van der Waals surface area contributed by atoms with Crippen LogP contribution in [0.15, 0.2) is 29.3 Å². The van der Waals surface area contributed by atoms with E-state index in [1.807, 2.05) is 45.0 Å². The highest BCUT2D eigenvalue weighted by molar-refractivity contribution is 5.81. The average molecular weight is 334 g/mol. The highest BCUT2D eigenvalue weighted by Crippen LogP contribution is 2.17. The first-order valence-corrected chi connectivity index (χ1v) is 8.38. The molecule has 2 N–H and O–H groups in total. The molecule has 0 aromatic heterocycles. The molecule has 1 atom stereocenters. The minimum atomic E-state index is -0.0371. The molecule has 0 radical (unpaired) electrons. The van der Waals surface area contributed by atoms with E-state index in [0.717, 1.165) is 17.9 Å². The van der Waals surface area contributed by atoms with Crippen molar-refractivity contribution in [2.75, 3.05) is 33.7 Å². The van der Waals surface area contributed by atoms with E-state index in [0.29, 0.717) is 25.5 Å². The average Bonchev–Trinajstić information content (AvgIpc) is 2.54. The van der Waals surface area contributed by atoms with E-state index in [4.69, 9.17) is 4.74 Å². The molecule has 134 valence electrons. The summed E-state index contributed by atoms with van der Waals surface area (Å²) in [6, 6.07) is 7.95. The summed E-state index contributed by atoms with van der Waals surface area (Å²) >= 11 is 0. The fourth-order valence-corrected chi connectivity index (χ4v) is 2.02. The number of amides is 1. The summed E-state index contributed by atoms with van der Waals surface area (Å²) in [6.45, 7) is 7.88. The lowest BCUT2D eigenvalue weighted by Crippen LogP contribution is -2.39. The van der Waals surface area contributed by atoms with Crippen molar-refractivity contribution in [2.24, 2.45) is 4.99 Å². The topological polar surface area (TPSA) is 66.0 Å². The second-order valence-electron chi connectivity index (χ2n) is 5.88. The largest absolute Gasteiger partial charge is 0.489 e. The summed E-state index contributed by atoms with van der Waals surface area (Å²) in [5.74, 6) is 1.67. The van der Waals surface area contributed by atoms with E-state index in [1.165, 1.54) is 0 Å². The van der Waals surface area contributed by atoms with E-state index in [-0.39, 0.29) is 12.0 Å². The van der Waals surface area contributed by atoms with Crippen molar-refractivity contribution in [3.63, 3.8) is 0 Å². The summed E-state index contributed by atoms with van der Waals surface area (Å²) < 4.78 is 5.92. The molecule has 0 saturated carbocycles. The van der Waals surface area contributed by atoms with E-state index in [9.17, 15) is 4.79 Å². The SMILES string of the molecule is CCNC(=NCC(C)Oc1ccccc1C)NCCC(=O)N(C)C. The van der Waals surface area contributed by atoms with Gasteiger partial charge in [0.25, 0.3) is 0 Å². The number of benzene rings is 1. The zero-order chi connectivity index (χ0) is 17.9. The third kappa shape index (κ3) is 7.35. The van der Waals surface area contributed by atoms with Crippen molar-refractivity contribution in [1.29, 1.82) is 0 Å². The molecule has 0 spiro atoms. The molecule has 1 amide bonds. The number of hydrogen-bond acceptors (Lipinski definition) is 3. The van der Waals surface area contributed by atoms with Crippen LogP contribution in [-0.4, -0.2) is 56.6 Å². The van der Waals surface area contributed by atoms with Crippen LogP contribution in [0.4, 0.5) is 0 Å². The zero-order valence-corrected chi connectivity index (χ0v) is 15.4. The Morgan fingerprint density at radius 1 is 1.29 bits per heavy atom. The molecule has 24 heavy (non-hydrogen) atoms. The van der Waals surface area contributed by atoms with Gasteiger partial charge in [-0.1, -0.05) is 18.2 Å². The van der Waals surface area contributed by atoms with Crippen LogP contribution in [-0.2, 0) is 4.79 Å². The van der Waals surface area contributed by atoms with Gasteiger partial charge in [0, 0.05) is 33.6 Å². The molecular weight excluding hydrogens is 304 g/mol. The quantitative estimate of drug-likeness (QED) is 0.562. The summed E-state index contributed by atoms with van der Waals surface area (Å²) in [5.41, 5.74) is 1.11. The minimum Gasteiger partial charge on any atom is -0.489 e. The van der Waals surface area contributed by atoms with Gasteiger partial charge in [-0.3, -0.25) is 4.79 Å². The molecule has 6 heteroatoms.